The average Bonchev–Trinajstić information content (AvgIpc) is 3.38. The van der Waals surface area contributed by atoms with Gasteiger partial charge in [0.05, 0.1) is 9.72 Å². The van der Waals surface area contributed by atoms with Crippen molar-refractivity contribution in [3.05, 3.63) is 47.0 Å². The van der Waals surface area contributed by atoms with Gasteiger partial charge in [0.15, 0.2) is 16.6 Å². The molecule has 1 amide bonds. The highest BCUT2D eigenvalue weighted by molar-refractivity contribution is 7.22. The fraction of sp³-hybridized carbons (Fsp3) is 0.333. The van der Waals surface area contributed by atoms with Crippen LogP contribution in [0.4, 0.5) is 5.13 Å². The van der Waals surface area contributed by atoms with E-state index in [-0.39, 0.29) is 12.7 Å². The Morgan fingerprint density at radius 2 is 1.93 bits per heavy atom. The van der Waals surface area contributed by atoms with Crippen LogP contribution in [0, 0.1) is 0 Å². The third kappa shape index (κ3) is 4.03. The molecule has 1 aliphatic rings. The van der Waals surface area contributed by atoms with E-state index >= 15 is 0 Å². The molecule has 1 aliphatic heterocycles. The van der Waals surface area contributed by atoms with E-state index < -0.39 is 0 Å². The maximum absolute atomic E-state index is 13.4. The topological polar surface area (TPSA) is 54.9 Å². The Labute approximate surface area is 178 Å². The highest BCUT2D eigenvalue weighted by atomic mass is 35.5. The molecule has 8 heteroatoms. The number of likely N-dealkylation sites (N-methyl/N-ethyl adjacent to an activating group) is 1. The molecule has 4 rings (SSSR count). The van der Waals surface area contributed by atoms with Crippen molar-refractivity contribution in [3.63, 3.8) is 0 Å². The van der Waals surface area contributed by atoms with Gasteiger partial charge in [-0.05, 0) is 43.4 Å². The number of rotatable bonds is 7. The van der Waals surface area contributed by atoms with Gasteiger partial charge in [-0.1, -0.05) is 42.9 Å². The molecule has 0 fully saturated rings. The van der Waals surface area contributed by atoms with Crippen molar-refractivity contribution < 1.29 is 14.3 Å². The number of thiazole rings is 1. The van der Waals surface area contributed by atoms with Crippen molar-refractivity contribution in [3.8, 4) is 11.5 Å². The number of nitrogens with zero attached hydrogens (tertiary/aromatic N) is 3. The van der Waals surface area contributed by atoms with Gasteiger partial charge in [-0.15, -0.1) is 0 Å². The first kappa shape index (κ1) is 19.9. The smallest absolute Gasteiger partial charge is 0.260 e. The Hall–Kier alpha value is -2.35. The van der Waals surface area contributed by atoms with Gasteiger partial charge in [0, 0.05) is 18.7 Å². The van der Waals surface area contributed by atoms with Gasteiger partial charge in [-0.3, -0.25) is 9.69 Å². The molecule has 1 aromatic heterocycles. The van der Waals surface area contributed by atoms with E-state index in [0.29, 0.717) is 33.8 Å². The summed E-state index contributed by atoms with van der Waals surface area (Å²) in [7, 11) is 0. The molecule has 2 heterocycles. The lowest BCUT2D eigenvalue weighted by Gasteiger charge is -2.24. The van der Waals surface area contributed by atoms with Gasteiger partial charge in [-0.2, -0.15) is 0 Å². The Bertz CT molecular complexity index is 1040. The molecule has 0 N–H and O–H groups in total. The monoisotopic (exact) mass is 431 g/mol. The molecule has 3 aromatic rings. The van der Waals surface area contributed by atoms with Crippen molar-refractivity contribution in [2.24, 2.45) is 0 Å². The molecular weight excluding hydrogens is 410 g/mol. The summed E-state index contributed by atoms with van der Waals surface area (Å²) in [6.07, 6.45) is 0. The minimum Gasteiger partial charge on any atom is -0.454 e. The summed E-state index contributed by atoms with van der Waals surface area (Å²) < 4.78 is 11.8. The lowest BCUT2D eigenvalue weighted by atomic mass is 10.1. The summed E-state index contributed by atoms with van der Waals surface area (Å²) in [4.78, 5) is 22.1. The van der Waals surface area contributed by atoms with E-state index in [1.165, 1.54) is 11.3 Å². The van der Waals surface area contributed by atoms with Gasteiger partial charge in [-0.25, -0.2) is 4.98 Å². The lowest BCUT2D eigenvalue weighted by Crippen LogP contribution is -2.38. The Morgan fingerprint density at radius 3 is 2.69 bits per heavy atom. The van der Waals surface area contributed by atoms with Crippen LogP contribution in [0.3, 0.4) is 0 Å². The summed E-state index contributed by atoms with van der Waals surface area (Å²) in [5, 5.41) is 1.23. The quantitative estimate of drug-likeness (QED) is 0.544. The maximum Gasteiger partial charge on any atom is 0.260 e. The standard InChI is InChI=1S/C21H22ClN3O3S/c1-3-24(4-2)10-11-25(21-23-19-15(22)6-5-7-18(19)29-21)20(26)14-8-9-16-17(12-14)28-13-27-16/h5-9,12H,3-4,10-11,13H2,1-2H3. The number of halogens is 1. The van der Waals surface area contributed by atoms with E-state index in [1.54, 1.807) is 23.1 Å². The van der Waals surface area contributed by atoms with Crippen LogP contribution in [-0.2, 0) is 0 Å². The third-order valence-electron chi connectivity index (χ3n) is 4.99. The molecule has 6 nitrogen and oxygen atoms in total. The lowest BCUT2D eigenvalue weighted by molar-refractivity contribution is 0.0983. The summed E-state index contributed by atoms with van der Waals surface area (Å²) in [6.45, 7) is 7.55. The molecule has 0 atom stereocenters. The van der Waals surface area contributed by atoms with Gasteiger partial charge in [0.2, 0.25) is 6.79 Å². The predicted octanol–water partition coefficient (Wildman–Crippen LogP) is 4.67. The SMILES string of the molecule is CCN(CC)CCN(C(=O)c1ccc2c(c1)OCO2)c1nc2c(Cl)cccc2s1. The molecule has 0 saturated carbocycles. The molecule has 0 saturated heterocycles. The van der Waals surface area contributed by atoms with Crippen LogP contribution in [0.1, 0.15) is 24.2 Å². The zero-order valence-corrected chi connectivity index (χ0v) is 17.9. The second-order valence-corrected chi connectivity index (χ2v) is 8.05. The number of aromatic nitrogens is 1. The van der Waals surface area contributed by atoms with Crippen LogP contribution < -0.4 is 14.4 Å². The number of amides is 1. The van der Waals surface area contributed by atoms with E-state index in [2.05, 4.69) is 23.7 Å². The van der Waals surface area contributed by atoms with Gasteiger partial charge < -0.3 is 14.4 Å². The predicted molar refractivity (Wildman–Crippen MR) is 117 cm³/mol. The number of carbonyl (C=O) groups is 1. The van der Waals surface area contributed by atoms with Crippen LogP contribution in [0.5, 0.6) is 11.5 Å². The first-order chi connectivity index (χ1) is 14.1. The van der Waals surface area contributed by atoms with Gasteiger partial charge >= 0.3 is 0 Å². The van der Waals surface area contributed by atoms with E-state index in [1.807, 2.05) is 18.2 Å². The molecule has 152 valence electrons. The molecule has 0 aliphatic carbocycles. The fourth-order valence-corrected chi connectivity index (χ4v) is 4.56. The number of para-hydroxylation sites is 1. The van der Waals surface area contributed by atoms with Crippen molar-refractivity contribution >= 4 is 44.2 Å². The number of hydrogen-bond acceptors (Lipinski definition) is 6. The first-order valence-corrected chi connectivity index (χ1v) is 10.8. The molecule has 0 unspecified atom stereocenters. The van der Waals surface area contributed by atoms with Gasteiger partial charge in [0.1, 0.15) is 5.52 Å². The fourth-order valence-electron chi connectivity index (χ4n) is 3.27. The Kier molecular flexibility index (Phi) is 5.89. The van der Waals surface area contributed by atoms with Crippen molar-refractivity contribution in [2.75, 3.05) is 37.9 Å². The number of fused-ring (bicyclic) bond motifs is 2. The second-order valence-electron chi connectivity index (χ2n) is 6.63. The molecule has 29 heavy (non-hydrogen) atoms. The minimum absolute atomic E-state index is 0.120. The van der Waals surface area contributed by atoms with Crippen molar-refractivity contribution in [1.29, 1.82) is 0 Å². The molecular formula is C21H22ClN3O3S. The summed E-state index contributed by atoms with van der Waals surface area (Å²) >= 11 is 7.78. The molecule has 0 bridgehead atoms. The normalized spacial score (nSPS) is 12.7. The highest BCUT2D eigenvalue weighted by Crippen LogP contribution is 2.35. The summed E-state index contributed by atoms with van der Waals surface area (Å²) in [5.41, 5.74) is 1.26. The van der Waals surface area contributed by atoms with E-state index in [4.69, 9.17) is 21.1 Å². The molecule has 0 radical (unpaired) electrons. The van der Waals surface area contributed by atoms with Crippen molar-refractivity contribution in [1.82, 2.24) is 9.88 Å². The van der Waals surface area contributed by atoms with Crippen LogP contribution in [-0.4, -0.2) is 48.8 Å². The summed E-state index contributed by atoms with van der Waals surface area (Å²) in [5.74, 6) is 1.13. The second kappa shape index (κ2) is 8.57. The largest absolute Gasteiger partial charge is 0.454 e. The maximum atomic E-state index is 13.4. The van der Waals surface area contributed by atoms with Crippen LogP contribution >= 0.6 is 22.9 Å². The number of carbonyl (C=O) groups excluding carboxylic acids is 1. The first-order valence-electron chi connectivity index (χ1n) is 9.59. The number of ether oxygens (including phenoxy) is 2. The molecule has 2 aromatic carbocycles. The Morgan fingerprint density at radius 1 is 1.14 bits per heavy atom. The zero-order valence-electron chi connectivity index (χ0n) is 16.4. The highest BCUT2D eigenvalue weighted by Gasteiger charge is 2.24. The van der Waals surface area contributed by atoms with Crippen LogP contribution in [0.15, 0.2) is 36.4 Å². The van der Waals surface area contributed by atoms with Crippen LogP contribution in [0.25, 0.3) is 10.2 Å². The molecule has 0 spiro atoms. The van der Waals surface area contributed by atoms with E-state index in [0.717, 1.165) is 29.9 Å². The van der Waals surface area contributed by atoms with Crippen molar-refractivity contribution in [2.45, 2.75) is 13.8 Å². The number of anilines is 1. The Balaban J connectivity index is 1.68. The average molecular weight is 432 g/mol. The van der Waals surface area contributed by atoms with Gasteiger partial charge in [0.25, 0.3) is 5.91 Å². The third-order valence-corrected chi connectivity index (χ3v) is 6.34. The van der Waals surface area contributed by atoms with Crippen LogP contribution in [0.2, 0.25) is 5.02 Å². The van der Waals surface area contributed by atoms with E-state index in [9.17, 15) is 4.79 Å². The number of hydrogen-bond donors (Lipinski definition) is 0. The summed E-state index contributed by atoms with van der Waals surface area (Å²) in [6, 6.07) is 10.9. The minimum atomic E-state index is -0.120. The number of benzene rings is 2. The zero-order chi connectivity index (χ0) is 20.4.